The van der Waals surface area contributed by atoms with Gasteiger partial charge in [-0.05, 0) is 6.42 Å². The first-order valence-electron chi connectivity index (χ1n) is 2.74. The van der Waals surface area contributed by atoms with Gasteiger partial charge < -0.3 is 5.11 Å². The maximum Gasteiger partial charge on any atom is 0.209 e. The minimum absolute atomic E-state index is 0.215. The zero-order chi connectivity index (χ0) is 6.69. The molecule has 9 heavy (non-hydrogen) atoms. The van der Waals surface area contributed by atoms with E-state index in [2.05, 4.69) is 10.1 Å². The highest BCUT2D eigenvalue weighted by Crippen LogP contribution is 1.99. The van der Waals surface area contributed by atoms with Crippen LogP contribution in [0.3, 0.4) is 0 Å². The molecule has 0 fully saturated rings. The summed E-state index contributed by atoms with van der Waals surface area (Å²) in [6.45, 7) is 1.84. The predicted octanol–water partition coefficient (Wildman–Crippen LogP) is 0.398. The molecule has 49 valence electrons. The van der Waals surface area contributed by atoms with Crippen LogP contribution in [0.4, 0.5) is 0 Å². The first-order valence-corrected chi connectivity index (χ1v) is 2.74. The fourth-order valence-corrected chi connectivity index (χ4v) is 0.504. The van der Waals surface area contributed by atoms with Gasteiger partial charge in [0.2, 0.25) is 6.23 Å². The number of rotatable bonds is 2. The van der Waals surface area contributed by atoms with Crippen molar-refractivity contribution in [1.82, 2.24) is 14.8 Å². The minimum atomic E-state index is 0.215. The average Bonchev–Trinajstić information content (AvgIpc) is 2.37. The van der Waals surface area contributed by atoms with E-state index in [4.69, 9.17) is 5.11 Å². The van der Waals surface area contributed by atoms with Crippen molar-refractivity contribution in [3.63, 3.8) is 0 Å². The monoisotopic (exact) mass is 126 g/mol. The molecule has 0 unspecified atom stereocenters. The largest absolute Gasteiger partial charge is 0.365 e. The molecular weight excluding hydrogens is 118 g/mol. The van der Waals surface area contributed by atoms with Crippen molar-refractivity contribution >= 4 is 0 Å². The Morgan fingerprint density at radius 1 is 1.78 bits per heavy atom. The normalized spacial score (nSPS) is 10.6. The Balaban J connectivity index is 2.65. The van der Waals surface area contributed by atoms with Gasteiger partial charge in [0.25, 0.3) is 0 Å². The van der Waals surface area contributed by atoms with Crippen LogP contribution in [-0.4, -0.2) is 19.9 Å². The highest BCUT2D eigenvalue weighted by atomic mass is 16.3. The second-order valence-corrected chi connectivity index (χ2v) is 1.61. The van der Waals surface area contributed by atoms with Gasteiger partial charge in [-0.15, -0.1) is 0 Å². The van der Waals surface area contributed by atoms with Crippen LogP contribution in [0.1, 0.15) is 13.3 Å². The van der Waals surface area contributed by atoms with E-state index in [1.165, 1.54) is 17.3 Å². The molecule has 0 aliphatic heterocycles. The highest BCUT2D eigenvalue weighted by molar-refractivity contribution is 4.75. The third kappa shape index (κ3) is 1.26. The van der Waals surface area contributed by atoms with Gasteiger partial charge in [-0.25, -0.2) is 9.67 Å². The van der Waals surface area contributed by atoms with Gasteiger partial charge in [0, 0.05) is 0 Å². The molecule has 0 aliphatic carbocycles. The van der Waals surface area contributed by atoms with Crippen LogP contribution in [-0.2, 0) is 0 Å². The molecule has 0 aliphatic rings. The summed E-state index contributed by atoms with van der Waals surface area (Å²) < 4.78 is 1.33. The highest BCUT2D eigenvalue weighted by Gasteiger charge is 2.02. The van der Waals surface area contributed by atoms with E-state index in [0.717, 1.165) is 0 Å². The molecule has 4 heteroatoms. The molecule has 0 spiro atoms. The summed E-state index contributed by atoms with van der Waals surface area (Å²) in [5.41, 5.74) is 0. The topological polar surface area (TPSA) is 50.9 Å². The van der Waals surface area contributed by atoms with Crippen molar-refractivity contribution in [3.05, 3.63) is 18.9 Å². The van der Waals surface area contributed by atoms with E-state index < -0.39 is 0 Å². The van der Waals surface area contributed by atoms with E-state index in [-0.39, 0.29) is 6.23 Å². The second kappa shape index (κ2) is 2.59. The van der Waals surface area contributed by atoms with Gasteiger partial charge in [-0.3, -0.25) is 0 Å². The molecule has 1 rings (SSSR count). The molecule has 4 nitrogen and oxygen atoms in total. The lowest BCUT2D eigenvalue weighted by molar-refractivity contribution is 0.242. The van der Waals surface area contributed by atoms with Crippen molar-refractivity contribution in [3.8, 4) is 0 Å². The fourth-order valence-electron chi connectivity index (χ4n) is 0.504. The number of nitrogens with zero attached hydrogens (tertiary/aromatic N) is 3. The average molecular weight is 126 g/mol. The standard InChI is InChI=1S/C5H8N3O/c1-2-5(9)8-4-6-3-7-8/h3-4,9H,2H2,1H3. The molecule has 0 atom stereocenters. The summed E-state index contributed by atoms with van der Waals surface area (Å²) in [7, 11) is 0. The molecule has 1 heterocycles. The van der Waals surface area contributed by atoms with Crippen molar-refractivity contribution in [1.29, 1.82) is 0 Å². The van der Waals surface area contributed by atoms with Crippen LogP contribution in [0.15, 0.2) is 12.7 Å². The van der Waals surface area contributed by atoms with Gasteiger partial charge in [-0.2, -0.15) is 5.10 Å². The molecule has 1 radical (unpaired) electrons. The zero-order valence-corrected chi connectivity index (χ0v) is 5.15. The Morgan fingerprint density at radius 3 is 3.00 bits per heavy atom. The van der Waals surface area contributed by atoms with E-state index in [1.54, 1.807) is 0 Å². The van der Waals surface area contributed by atoms with Gasteiger partial charge in [0.15, 0.2) is 0 Å². The van der Waals surface area contributed by atoms with E-state index in [9.17, 15) is 0 Å². The lowest BCUT2D eigenvalue weighted by Crippen LogP contribution is -2.07. The second-order valence-electron chi connectivity index (χ2n) is 1.61. The zero-order valence-electron chi connectivity index (χ0n) is 5.15. The summed E-state index contributed by atoms with van der Waals surface area (Å²) in [5, 5.41) is 12.7. The molecule has 0 aromatic carbocycles. The third-order valence-corrected chi connectivity index (χ3v) is 0.999. The van der Waals surface area contributed by atoms with E-state index in [1.807, 2.05) is 6.92 Å². The van der Waals surface area contributed by atoms with Crippen molar-refractivity contribution in [2.75, 3.05) is 0 Å². The lowest BCUT2D eigenvalue weighted by atomic mass is 10.4. The van der Waals surface area contributed by atoms with Crippen molar-refractivity contribution in [2.45, 2.75) is 13.3 Å². The Bertz CT molecular complexity index is 161. The lowest BCUT2D eigenvalue weighted by Gasteiger charge is -2.02. The Kier molecular flexibility index (Phi) is 1.79. The molecule has 0 bridgehead atoms. The number of aliphatic hydroxyl groups is 1. The molecule has 1 aromatic rings. The number of aliphatic hydroxyl groups excluding tert-OH is 1. The van der Waals surface area contributed by atoms with E-state index >= 15 is 0 Å². The fraction of sp³-hybridized carbons (Fsp3) is 0.400. The molecule has 0 saturated carbocycles. The summed E-state index contributed by atoms with van der Waals surface area (Å²) in [6.07, 6.45) is 3.63. The summed E-state index contributed by atoms with van der Waals surface area (Å²) in [4.78, 5) is 3.66. The Morgan fingerprint density at radius 2 is 2.56 bits per heavy atom. The molecule has 0 amide bonds. The van der Waals surface area contributed by atoms with Crippen molar-refractivity contribution in [2.24, 2.45) is 0 Å². The Labute approximate surface area is 53.1 Å². The van der Waals surface area contributed by atoms with Crippen LogP contribution in [0.25, 0.3) is 0 Å². The maximum absolute atomic E-state index is 9.00. The van der Waals surface area contributed by atoms with Crippen LogP contribution in [0.5, 0.6) is 0 Å². The van der Waals surface area contributed by atoms with Gasteiger partial charge >= 0.3 is 0 Å². The minimum Gasteiger partial charge on any atom is -0.365 e. The van der Waals surface area contributed by atoms with Crippen LogP contribution in [0, 0.1) is 6.23 Å². The Hall–Kier alpha value is -0.900. The number of aromatic nitrogens is 3. The van der Waals surface area contributed by atoms with Gasteiger partial charge in [-0.1, -0.05) is 6.92 Å². The quantitative estimate of drug-likeness (QED) is 0.624. The van der Waals surface area contributed by atoms with Gasteiger partial charge in [0.1, 0.15) is 12.7 Å². The predicted molar refractivity (Wildman–Crippen MR) is 30.9 cm³/mol. The summed E-state index contributed by atoms with van der Waals surface area (Å²) in [5.74, 6) is 0. The smallest absolute Gasteiger partial charge is 0.209 e. The third-order valence-electron chi connectivity index (χ3n) is 0.999. The first-order chi connectivity index (χ1) is 4.34. The molecule has 1 N–H and O–H groups in total. The van der Waals surface area contributed by atoms with Crippen LogP contribution in [0.2, 0.25) is 0 Å². The number of hydrogen-bond donors (Lipinski definition) is 1. The van der Waals surface area contributed by atoms with Crippen molar-refractivity contribution < 1.29 is 5.11 Å². The first kappa shape index (κ1) is 6.22. The van der Waals surface area contributed by atoms with Crippen LogP contribution >= 0.6 is 0 Å². The SMILES string of the molecule is CC[C](O)n1cncn1. The molecule has 0 saturated heterocycles. The molecular formula is C5H8N3O. The maximum atomic E-state index is 9.00. The summed E-state index contributed by atoms with van der Waals surface area (Å²) in [6, 6.07) is 0. The van der Waals surface area contributed by atoms with Gasteiger partial charge in [0.05, 0.1) is 0 Å². The number of hydrogen-bond acceptors (Lipinski definition) is 3. The van der Waals surface area contributed by atoms with E-state index in [0.29, 0.717) is 6.42 Å². The van der Waals surface area contributed by atoms with Crippen LogP contribution < -0.4 is 0 Å². The summed E-state index contributed by atoms with van der Waals surface area (Å²) >= 11 is 0. The molecule has 1 aromatic heterocycles.